The van der Waals surface area contributed by atoms with Crippen LogP contribution in [0.5, 0.6) is 0 Å². The van der Waals surface area contributed by atoms with Crippen molar-refractivity contribution in [2.45, 2.75) is 38.1 Å². The summed E-state index contributed by atoms with van der Waals surface area (Å²) in [5.41, 5.74) is 4.72. The lowest BCUT2D eigenvalue weighted by atomic mass is 9.77. The second kappa shape index (κ2) is 9.59. The van der Waals surface area contributed by atoms with Gasteiger partial charge in [0.05, 0.1) is 11.2 Å². The van der Waals surface area contributed by atoms with Gasteiger partial charge in [-0.05, 0) is 49.2 Å². The highest BCUT2D eigenvalue weighted by Crippen LogP contribution is 2.40. The van der Waals surface area contributed by atoms with Crippen molar-refractivity contribution >= 4 is 40.1 Å². The number of carbonyl (C=O) groups excluding carboxylic acids is 3. The van der Waals surface area contributed by atoms with E-state index in [2.05, 4.69) is 12.0 Å². The van der Waals surface area contributed by atoms with Crippen molar-refractivity contribution in [3.8, 4) is 0 Å². The molecule has 1 N–H and O–H groups in total. The number of nitrogens with zero attached hydrogens (tertiary/aromatic N) is 2. The Labute approximate surface area is 212 Å². The standard InChI is InChI=1S/C28H24ClN3O4/c1-2-13-31-22-12-11-19(29)14-18(22)15-21(28(31)36)20-16-25(34)32(23-9-6-10-24(33)26(20)23)30-27(35)17-7-4-3-5-8-17/h2-5,7-8,11-12,14-15,20H,1,6,9-10,13,16H2,(H,30,35). The molecule has 8 heteroatoms. The molecule has 0 saturated carbocycles. The Morgan fingerprint density at radius 2 is 1.86 bits per heavy atom. The van der Waals surface area contributed by atoms with Gasteiger partial charge in [0.1, 0.15) is 0 Å². The van der Waals surface area contributed by atoms with Crippen molar-refractivity contribution in [3.63, 3.8) is 0 Å². The van der Waals surface area contributed by atoms with E-state index in [0.29, 0.717) is 52.2 Å². The van der Waals surface area contributed by atoms with Crippen LogP contribution in [0.2, 0.25) is 5.02 Å². The minimum absolute atomic E-state index is 0.116. The molecule has 7 nitrogen and oxygen atoms in total. The fourth-order valence-corrected chi connectivity index (χ4v) is 5.27. The summed E-state index contributed by atoms with van der Waals surface area (Å²) in [6.45, 7) is 4.03. The topological polar surface area (TPSA) is 88.5 Å². The summed E-state index contributed by atoms with van der Waals surface area (Å²) in [5.74, 6) is -1.65. The predicted molar refractivity (Wildman–Crippen MR) is 137 cm³/mol. The number of nitrogens with one attached hydrogen (secondary N) is 1. The normalized spacial score (nSPS) is 17.8. The molecule has 1 aliphatic heterocycles. The van der Waals surface area contributed by atoms with Crippen LogP contribution in [0.3, 0.4) is 0 Å². The van der Waals surface area contributed by atoms with Gasteiger partial charge >= 0.3 is 0 Å². The minimum atomic E-state index is -0.711. The summed E-state index contributed by atoms with van der Waals surface area (Å²) in [4.78, 5) is 53.0. The SMILES string of the molecule is C=CCn1c(=O)c(C2CC(=O)N(NC(=O)c3ccccc3)C3=C2C(=O)CCC3)cc2cc(Cl)ccc21. The number of benzene rings is 2. The molecule has 0 saturated heterocycles. The van der Waals surface area contributed by atoms with Crippen molar-refractivity contribution in [1.29, 1.82) is 0 Å². The average Bonchev–Trinajstić information content (AvgIpc) is 2.87. The van der Waals surface area contributed by atoms with Gasteiger partial charge in [0.15, 0.2) is 5.78 Å². The lowest BCUT2D eigenvalue weighted by molar-refractivity contribution is -0.133. The van der Waals surface area contributed by atoms with Crippen molar-refractivity contribution in [2.24, 2.45) is 0 Å². The molecule has 1 unspecified atom stereocenters. The molecule has 0 fully saturated rings. The lowest BCUT2D eigenvalue weighted by Gasteiger charge is -2.38. The Hall–Kier alpha value is -3.97. The molecule has 2 aliphatic rings. The second-order valence-corrected chi connectivity index (χ2v) is 9.37. The highest BCUT2D eigenvalue weighted by molar-refractivity contribution is 6.31. The van der Waals surface area contributed by atoms with E-state index in [-0.39, 0.29) is 30.2 Å². The molecular weight excluding hydrogens is 478 g/mol. The number of fused-ring (bicyclic) bond motifs is 1. The first-order valence-electron chi connectivity index (χ1n) is 11.8. The molecule has 2 aromatic carbocycles. The molecule has 2 amide bonds. The van der Waals surface area contributed by atoms with Crippen LogP contribution in [0, 0.1) is 0 Å². The lowest BCUT2D eigenvalue weighted by Crippen LogP contribution is -2.50. The first-order chi connectivity index (χ1) is 17.4. The second-order valence-electron chi connectivity index (χ2n) is 8.94. The average molecular weight is 502 g/mol. The summed E-state index contributed by atoms with van der Waals surface area (Å²) in [5, 5.41) is 2.45. The number of amides is 2. The number of Topliss-reactive ketones (excluding diaryl/α,β-unsaturated/α-hetero) is 1. The van der Waals surface area contributed by atoms with Gasteiger partial charge in [0.2, 0.25) is 5.91 Å². The third-order valence-corrected chi connectivity index (χ3v) is 6.93. The Kier molecular flexibility index (Phi) is 6.33. The fraction of sp³-hybridized carbons (Fsp3) is 0.214. The zero-order chi connectivity index (χ0) is 25.4. The highest BCUT2D eigenvalue weighted by Gasteiger charge is 2.41. The molecule has 5 rings (SSSR count). The molecule has 1 aromatic heterocycles. The van der Waals surface area contributed by atoms with Crippen molar-refractivity contribution in [3.05, 3.63) is 105 Å². The van der Waals surface area contributed by atoms with Crippen LogP contribution in [0.15, 0.2) is 83.3 Å². The highest BCUT2D eigenvalue weighted by atomic mass is 35.5. The van der Waals surface area contributed by atoms with E-state index in [9.17, 15) is 19.2 Å². The van der Waals surface area contributed by atoms with Crippen LogP contribution < -0.4 is 11.0 Å². The van der Waals surface area contributed by atoms with E-state index in [0.717, 1.165) is 5.39 Å². The number of aromatic nitrogens is 1. The number of carbonyl (C=O) groups is 3. The Morgan fingerprint density at radius 3 is 2.61 bits per heavy atom. The number of hydrogen-bond donors (Lipinski definition) is 1. The molecule has 0 radical (unpaired) electrons. The number of hydrazine groups is 1. The molecule has 0 bridgehead atoms. The van der Waals surface area contributed by atoms with Crippen LogP contribution >= 0.6 is 11.6 Å². The molecule has 3 aromatic rings. The van der Waals surface area contributed by atoms with Gasteiger partial charge in [0.25, 0.3) is 11.5 Å². The maximum atomic E-state index is 13.6. The molecule has 182 valence electrons. The fourth-order valence-electron chi connectivity index (χ4n) is 5.09. The first-order valence-corrected chi connectivity index (χ1v) is 12.2. The van der Waals surface area contributed by atoms with E-state index < -0.39 is 11.8 Å². The van der Waals surface area contributed by atoms with Crippen molar-refractivity contribution in [2.75, 3.05) is 0 Å². The smallest absolute Gasteiger partial charge is 0.270 e. The van der Waals surface area contributed by atoms with E-state index in [1.165, 1.54) is 5.01 Å². The Bertz CT molecular complexity index is 1510. The predicted octanol–water partition coefficient (Wildman–Crippen LogP) is 4.51. The van der Waals surface area contributed by atoms with E-state index >= 15 is 0 Å². The molecule has 1 atom stereocenters. The number of hydrogen-bond acceptors (Lipinski definition) is 4. The summed E-state index contributed by atoms with van der Waals surface area (Å²) in [6.07, 6.45) is 2.84. The number of pyridine rings is 1. The third kappa shape index (κ3) is 4.16. The van der Waals surface area contributed by atoms with Gasteiger partial charge < -0.3 is 4.57 Å². The molecule has 1 aliphatic carbocycles. The van der Waals surface area contributed by atoms with Crippen molar-refractivity contribution < 1.29 is 14.4 Å². The van der Waals surface area contributed by atoms with Gasteiger partial charge in [-0.25, -0.2) is 5.01 Å². The minimum Gasteiger partial charge on any atom is -0.304 e. The number of rotatable bonds is 5. The Balaban J connectivity index is 1.64. The van der Waals surface area contributed by atoms with Gasteiger partial charge in [-0.2, -0.15) is 0 Å². The van der Waals surface area contributed by atoms with E-state index in [4.69, 9.17) is 11.6 Å². The van der Waals surface area contributed by atoms with E-state index in [1.807, 2.05) is 0 Å². The molecular formula is C28H24ClN3O4. The van der Waals surface area contributed by atoms with Gasteiger partial charge in [-0.1, -0.05) is 35.9 Å². The largest absolute Gasteiger partial charge is 0.304 e. The number of halogens is 1. The van der Waals surface area contributed by atoms with Gasteiger partial charge in [-0.15, -0.1) is 6.58 Å². The number of ketones is 1. The van der Waals surface area contributed by atoms with Crippen LogP contribution in [0.1, 0.15) is 47.5 Å². The molecule has 2 heterocycles. The summed E-state index contributed by atoms with van der Waals surface area (Å²) in [6, 6.07) is 15.5. The monoisotopic (exact) mass is 501 g/mol. The summed E-state index contributed by atoms with van der Waals surface area (Å²) >= 11 is 6.23. The van der Waals surface area contributed by atoms with Crippen LogP contribution in [-0.2, 0) is 16.1 Å². The van der Waals surface area contributed by atoms with Crippen LogP contribution in [-0.4, -0.2) is 27.2 Å². The Morgan fingerprint density at radius 1 is 1.08 bits per heavy atom. The maximum absolute atomic E-state index is 13.6. The zero-order valence-electron chi connectivity index (χ0n) is 19.5. The van der Waals surface area contributed by atoms with Gasteiger partial charge in [0, 0.05) is 52.4 Å². The quantitative estimate of drug-likeness (QED) is 0.521. The van der Waals surface area contributed by atoms with Crippen LogP contribution in [0.25, 0.3) is 10.9 Å². The molecule has 36 heavy (non-hydrogen) atoms. The van der Waals surface area contributed by atoms with Crippen molar-refractivity contribution in [1.82, 2.24) is 15.0 Å². The third-order valence-electron chi connectivity index (χ3n) is 6.70. The summed E-state index contributed by atoms with van der Waals surface area (Å²) < 4.78 is 1.58. The maximum Gasteiger partial charge on any atom is 0.270 e. The van der Waals surface area contributed by atoms with Gasteiger partial charge in [-0.3, -0.25) is 24.6 Å². The first kappa shape index (κ1) is 23.8. The molecule has 0 spiro atoms. The van der Waals surface area contributed by atoms with Crippen LogP contribution in [0.4, 0.5) is 0 Å². The zero-order valence-corrected chi connectivity index (χ0v) is 20.3. The van der Waals surface area contributed by atoms with E-state index in [1.54, 1.807) is 65.2 Å². The number of allylic oxidation sites excluding steroid dienone is 3. The summed E-state index contributed by atoms with van der Waals surface area (Å²) in [7, 11) is 0.